The summed E-state index contributed by atoms with van der Waals surface area (Å²) in [6.07, 6.45) is 0. The van der Waals surface area contributed by atoms with E-state index >= 15 is 0 Å². The molecule has 6 N–H and O–H groups in total. The molecule has 0 aliphatic heterocycles. The molecule has 0 atom stereocenters. The lowest BCUT2D eigenvalue weighted by Crippen LogP contribution is -2.09. The van der Waals surface area contributed by atoms with Crippen molar-refractivity contribution in [2.75, 3.05) is 0 Å². The second kappa shape index (κ2) is 6.72. The van der Waals surface area contributed by atoms with Crippen LogP contribution in [0.5, 0.6) is 34.5 Å². The Kier molecular flexibility index (Phi) is 3.91. The summed E-state index contributed by atoms with van der Waals surface area (Å²) in [6.45, 7) is 3.44. The highest BCUT2D eigenvalue weighted by Crippen LogP contribution is 2.61. The Morgan fingerprint density at radius 3 is 1.50 bits per heavy atom. The van der Waals surface area contributed by atoms with Crippen LogP contribution in [0.15, 0.2) is 21.7 Å². The smallest absolute Gasteiger partial charge is 0.209 e. The Balaban J connectivity index is 2.05. The van der Waals surface area contributed by atoms with Crippen LogP contribution in [0.25, 0.3) is 75.4 Å². The summed E-state index contributed by atoms with van der Waals surface area (Å²) >= 11 is 12.6. The summed E-state index contributed by atoms with van der Waals surface area (Å²) in [7, 11) is 0. The van der Waals surface area contributed by atoms with Crippen molar-refractivity contribution in [3.63, 3.8) is 0 Å². The molecule has 0 spiro atoms. The summed E-state index contributed by atoms with van der Waals surface area (Å²) in [4.78, 5) is 27.2. The lowest BCUT2D eigenvalue weighted by molar-refractivity contribution is 0.453. The third-order valence-corrected chi connectivity index (χ3v) is 9.16. The van der Waals surface area contributed by atoms with Crippen LogP contribution >= 0.6 is 23.2 Å². The van der Waals surface area contributed by atoms with Gasteiger partial charge in [0.05, 0.1) is 21.5 Å². The minimum atomic E-state index is -0.900. The minimum Gasteiger partial charge on any atom is -0.507 e. The topological polar surface area (TPSA) is 156 Å². The van der Waals surface area contributed by atoms with E-state index in [0.717, 1.165) is 0 Å². The van der Waals surface area contributed by atoms with Gasteiger partial charge >= 0.3 is 0 Å². The number of fused-ring (bicyclic) bond motifs is 2. The molecule has 196 valence electrons. The van der Waals surface area contributed by atoms with Crippen LogP contribution in [0.1, 0.15) is 11.1 Å². The molecule has 0 bridgehead atoms. The third-order valence-electron chi connectivity index (χ3n) is 8.45. The third kappa shape index (κ3) is 2.15. The molecule has 8 aromatic rings. The maximum Gasteiger partial charge on any atom is 0.209 e. The molecule has 10 heteroatoms. The number of benzene rings is 8. The molecular weight excluding hydrogens is 559 g/mol. The van der Waals surface area contributed by atoms with Crippen LogP contribution in [0, 0.1) is 13.8 Å². The van der Waals surface area contributed by atoms with Gasteiger partial charge in [-0.1, -0.05) is 23.2 Å². The number of hydrogen-bond donors (Lipinski definition) is 6. The summed E-state index contributed by atoms with van der Waals surface area (Å²) in [5, 5.41) is 67.5. The van der Waals surface area contributed by atoms with Crippen molar-refractivity contribution in [1.82, 2.24) is 0 Å². The predicted octanol–water partition coefficient (Wildman–Crippen LogP) is 6.39. The van der Waals surface area contributed by atoms with E-state index in [0.29, 0.717) is 32.7 Å². The first-order valence-electron chi connectivity index (χ1n) is 12.0. The maximum atomic E-state index is 13.7. The SMILES string of the molecule is Cc1cc(O)c2c(O)c3c(O)c(Cl)c(=O)c4c5c(O)c(Cl)c(O)c6c(O)c7c(=O)cc(C)c8c1c2c(c34)c(c65)c78. The molecule has 0 unspecified atom stereocenters. The van der Waals surface area contributed by atoms with Crippen molar-refractivity contribution in [3.05, 3.63) is 53.8 Å². The molecule has 0 aliphatic rings. The zero-order valence-corrected chi connectivity index (χ0v) is 21.9. The lowest BCUT2D eigenvalue weighted by Gasteiger charge is -2.26. The van der Waals surface area contributed by atoms with Gasteiger partial charge in [0.2, 0.25) is 5.43 Å². The molecule has 0 heterocycles. The highest BCUT2D eigenvalue weighted by atomic mass is 35.5. The summed E-state index contributed by atoms with van der Waals surface area (Å²) < 4.78 is 0. The quantitative estimate of drug-likeness (QED) is 0.0901. The van der Waals surface area contributed by atoms with E-state index in [1.54, 1.807) is 13.8 Å². The van der Waals surface area contributed by atoms with E-state index < -0.39 is 49.7 Å². The Labute approximate surface area is 231 Å². The van der Waals surface area contributed by atoms with E-state index in [4.69, 9.17) is 23.2 Å². The number of phenolic OH excluding ortho intramolecular Hbond substituents is 6. The van der Waals surface area contributed by atoms with E-state index in [2.05, 4.69) is 0 Å². The Morgan fingerprint density at radius 1 is 0.450 bits per heavy atom. The van der Waals surface area contributed by atoms with Gasteiger partial charge < -0.3 is 30.6 Å². The van der Waals surface area contributed by atoms with Gasteiger partial charge in [0.25, 0.3) is 0 Å². The van der Waals surface area contributed by atoms with E-state index in [-0.39, 0.29) is 59.6 Å². The standard InChI is InChI=1S/C30H14Cl2O8/c1-5-3-7(33)11-13-9(5)10-6(2)4-8(34)12-14(10)16-15(13)17-19(27(37)23(31)29(39)21(17)25(11)35)20-18(16)22(26(12)36)30(40)24(32)28(20)38/h3-4,33,35-36,38-40H,1-2H3. The first-order valence-corrected chi connectivity index (χ1v) is 12.8. The fourth-order valence-corrected chi connectivity index (χ4v) is 7.40. The largest absolute Gasteiger partial charge is 0.507 e. The van der Waals surface area contributed by atoms with Crippen LogP contribution in [-0.4, -0.2) is 30.6 Å². The van der Waals surface area contributed by atoms with Gasteiger partial charge in [0.15, 0.2) is 5.43 Å². The van der Waals surface area contributed by atoms with E-state index in [1.807, 2.05) is 0 Å². The molecule has 0 aliphatic carbocycles. The van der Waals surface area contributed by atoms with Crippen molar-refractivity contribution < 1.29 is 30.6 Å². The maximum absolute atomic E-state index is 13.7. The highest BCUT2D eigenvalue weighted by Gasteiger charge is 2.35. The fourth-order valence-electron chi connectivity index (χ4n) is 7.03. The van der Waals surface area contributed by atoms with Gasteiger partial charge in [-0.05, 0) is 47.9 Å². The van der Waals surface area contributed by atoms with Crippen LogP contribution in [0.2, 0.25) is 10.0 Å². The van der Waals surface area contributed by atoms with Crippen molar-refractivity contribution in [2.24, 2.45) is 0 Å². The Hall–Kier alpha value is -4.66. The highest BCUT2D eigenvalue weighted by molar-refractivity contribution is 6.53. The Morgan fingerprint density at radius 2 is 0.875 bits per heavy atom. The van der Waals surface area contributed by atoms with Crippen LogP contribution in [-0.2, 0) is 0 Å². The van der Waals surface area contributed by atoms with Crippen molar-refractivity contribution >= 4 is 98.6 Å². The number of phenols is 6. The van der Waals surface area contributed by atoms with Crippen molar-refractivity contribution in [2.45, 2.75) is 13.8 Å². The zero-order valence-electron chi connectivity index (χ0n) is 20.4. The summed E-state index contributed by atoms with van der Waals surface area (Å²) in [5.74, 6) is -3.58. The van der Waals surface area contributed by atoms with Gasteiger partial charge in [-0.15, -0.1) is 0 Å². The van der Waals surface area contributed by atoms with E-state index in [1.165, 1.54) is 12.1 Å². The number of halogens is 2. The van der Waals surface area contributed by atoms with E-state index in [9.17, 15) is 40.2 Å². The normalized spacial score (nSPS) is 12.8. The van der Waals surface area contributed by atoms with Crippen molar-refractivity contribution in [3.8, 4) is 34.5 Å². The molecule has 8 nitrogen and oxygen atoms in total. The fraction of sp³-hybridized carbons (Fsp3) is 0.0667. The summed E-state index contributed by atoms with van der Waals surface area (Å²) in [6, 6.07) is 2.78. The number of hydrogen-bond acceptors (Lipinski definition) is 8. The average molecular weight is 573 g/mol. The first-order chi connectivity index (χ1) is 18.9. The van der Waals surface area contributed by atoms with Gasteiger partial charge in [-0.3, -0.25) is 9.59 Å². The molecule has 8 aromatic carbocycles. The van der Waals surface area contributed by atoms with Crippen molar-refractivity contribution in [1.29, 1.82) is 0 Å². The van der Waals surface area contributed by atoms with Crippen LogP contribution < -0.4 is 10.9 Å². The molecule has 0 radical (unpaired) electrons. The van der Waals surface area contributed by atoms with Gasteiger partial charge in [0, 0.05) is 43.1 Å². The lowest BCUT2D eigenvalue weighted by atomic mass is 9.77. The molecule has 8 rings (SSSR count). The monoisotopic (exact) mass is 572 g/mol. The zero-order chi connectivity index (χ0) is 28.4. The predicted molar refractivity (Wildman–Crippen MR) is 156 cm³/mol. The summed E-state index contributed by atoms with van der Waals surface area (Å²) in [5.41, 5.74) is -0.338. The van der Waals surface area contributed by atoms with Crippen LogP contribution in [0.3, 0.4) is 0 Å². The second-order valence-corrected chi connectivity index (χ2v) is 11.1. The molecule has 0 amide bonds. The molecule has 0 fully saturated rings. The van der Waals surface area contributed by atoms with Gasteiger partial charge in [-0.25, -0.2) is 0 Å². The number of aryl methyl sites for hydroxylation is 2. The molecular formula is C30H14Cl2O8. The number of rotatable bonds is 0. The minimum absolute atomic E-state index is 0.0144. The Bertz CT molecular complexity index is 2630. The number of aromatic hydroxyl groups is 6. The molecule has 40 heavy (non-hydrogen) atoms. The molecule has 0 saturated heterocycles. The first kappa shape index (κ1) is 23.2. The van der Waals surface area contributed by atoms with Gasteiger partial charge in [0.1, 0.15) is 44.5 Å². The van der Waals surface area contributed by atoms with Crippen LogP contribution in [0.4, 0.5) is 0 Å². The van der Waals surface area contributed by atoms with Gasteiger partial charge in [-0.2, -0.15) is 0 Å². The molecule has 0 aromatic heterocycles. The average Bonchev–Trinajstić information content (AvgIpc) is 2.89. The molecule has 0 saturated carbocycles. The second-order valence-electron chi connectivity index (χ2n) is 10.4.